The number of nitrogens with one attached hydrogen (secondary N) is 1. The van der Waals surface area contributed by atoms with Crippen LogP contribution in [0.1, 0.15) is 35.5 Å². The lowest BCUT2D eigenvalue weighted by atomic mass is 10.1. The molecule has 146 valence electrons. The van der Waals surface area contributed by atoms with E-state index in [1.165, 1.54) is 7.11 Å². The molecular formula is C20H22ClN5O2. The largest absolute Gasteiger partial charge is 0.480 e. The zero-order valence-corrected chi connectivity index (χ0v) is 16.8. The molecule has 0 aliphatic heterocycles. The SMILES string of the molecule is CCc1c(C(=O)N[C@@H](C)Cc2cccc(Cl)c2)cnn1-c1ccc(OC)nn1. The van der Waals surface area contributed by atoms with Crippen molar-refractivity contribution in [1.82, 2.24) is 25.3 Å². The number of halogens is 1. The van der Waals surface area contributed by atoms with Crippen LogP contribution in [0.15, 0.2) is 42.6 Å². The van der Waals surface area contributed by atoms with Gasteiger partial charge in [-0.05, 0) is 43.5 Å². The summed E-state index contributed by atoms with van der Waals surface area (Å²) < 4.78 is 6.66. The van der Waals surface area contributed by atoms with E-state index in [1.54, 1.807) is 23.0 Å². The van der Waals surface area contributed by atoms with E-state index in [4.69, 9.17) is 16.3 Å². The molecule has 0 unspecified atom stereocenters. The van der Waals surface area contributed by atoms with Crippen molar-refractivity contribution >= 4 is 17.5 Å². The van der Waals surface area contributed by atoms with E-state index in [-0.39, 0.29) is 11.9 Å². The van der Waals surface area contributed by atoms with Gasteiger partial charge in [-0.1, -0.05) is 30.7 Å². The van der Waals surface area contributed by atoms with Crippen LogP contribution in [-0.2, 0) is 12.8 Å². The van der Waals surface area contributed by atoms with Gasteiger partial charge in [-0.3, -0.25) is 4.79 Å². The van der Waals surface area contributed by atoms with Crippen LogP contribution in [0.25, 0.3) is 5.82 Å². The van der Waals surface area contributed by atoms with Crippen LogP contribution < -0.4 is 10.1 Å². The summed E-state index contributed by atoms with van der Waals surface area (Å²) in [7, 11) is 1.53. The molecule has 1 N–H and O–H groups in total. The van der Waals surface area contributed by atoms with Gasteiger partial charge >= 0.3 is 0 Å². The molecule has 0 aliphatic carbocycles. The van der Waals surface area contributed by atoms with Crippen LogP contribution in [0.2, 0.25) is 5.02 Å². The second kappa shape index (κ2) is 8.84. The van der Waals surface area contributed by atoms with Crippen LogP contribution >= 0.6 is 11.6 Å². The highest BCUT2D eigenvalue weighted by atomic mass is 35.5. The fourth-order valence-corrected chi connectivity index (χ4v) is 3.22. The summed E-state index contributed by atoms with van der Waals surface area (Å²) in [5.41, 5.74) is 2.37. The molecule has 3 rings (SSSR count). The Labute approximate surface area is 168 Å². The number of hydrogen-bond donors (Lipinski definition) is 1. The number of nitrogens with zero attached hydrogens (tertiary/aromatic N) is 4. The quantitative estimate of drug-likeness (QED) is 0.659. The monoisotopic (exact) mass is 399 g/mol. The van der Waals surface area contributed by atoms with Crippen molar-refractivity contribution in [2.75, 3.05) is 7.11 Å². The third kappa shape index (κ3) is 4.48. The predicted molar refractivity (Wildman–Crippen MR) is 107 cm³/mol. The average molecular weight is 400 g/mol. The van der Waals surface area contributed by atoms with Crippen molar-refractivity contribution in [3.63, 3.8) is 0 Å². The Kier molecular flexibility index (Phi) is 6.26. The minimum absolute atomic E-state index is 0.0557. The standard InChI is InChI=1S/C20H22ClN5O2/c1-4-17-16(12-22-26(17)18-8-9-19(28-3)25-24-18)20(27)23-13(2)10-14-6-5-7-15(21)11-14/h5-9,11-13H,4,10H2,1-3H3,(H,23,27)/t13-/m0/s1. The first-order valence-electron chi connectivity index (χ1n) is 9.02. The molecule has 2 aromatic heterocycles. The van der Waals surface area contributed by atoms with Gasteiger partial charge in [0.1, 0.15) is 0 Å². The van der Waals surface area contributed by atoms with E-state index in [2.05, 4.69) is 20.6 Å². The first-order valence-corrected chi connectivity index (χ1v) is 9.40. The Balaban J connectivity index is 1.75. The number of hydrogen-bond acceptors (Lipinski definition) is 5. The molecule has 1 aromatic carbocycles. The van der Waals surface area contributed by atoms with Crippen molar-refractivity contribution in [3.8, 4) is 11.7 Å². The third-order valence-electron chi connectivity index (χ3n) is 4.31. The van der Waals surface area contributed by atoms with E-state index in [1.807, 2.05) is 38.1 Å². The summed E-state index contributed by atoms with van der Waals surface area (Å²) in [4.78, 5) is 12.8. The summed E-state index contributed by atoms with van der Waals surface area (Å²) >= 11 is 6.03. The van der Waals surface area contributed by atoms with E-state index in [0.29, 0.717) is 35.1 Å². The second-order valence-electron chi connectivity index (χ2n) is 6.41. The fraction of sp³-hybridized carbons (Fsp3) is 0.300. The van der Waals surface area contributed by atoms with Gasteiger partial charge in [0.25, 0.3) is 5.91 Å². The fourth-order valence-electron chi connectivity index (χ4n) is 3.01. The molecule has 0 aliphatic rings. The highest BCUT2D eigenvalue weighted by Gasteiger charge is 2.19. The van der Waals surface area contributed by atoms with Crippen molar-refractivity contribution in [3.05, 3.63) is 64.4 Å². The first-order chi connectivity index (χ1) is 13.5. The second-order valence-corrected chi connectivity index (χ2v) is 6.85. The highest BCUT2D eigenvalue weighted by Crippen LogP contribution is 2.16. The van der Waals surface area contributed by atoms with Crippen LogP contribution in [0.4, 0.5) is 0 Å². The molecule has 28 heavy (non-hydrogen) atoms. The van der Waals surface area contributed by atoms with Gasteiger partial charge < -0.3 is 10.1 Å². The van der Waals surface area contributed by atoms with E-state index in [0.717, 1.165) is 11.3 Å². The van der Waals surface area contributed by atoms with Gasteiger partial charge in [0, 0.05) is 17.1 Å². The van der Waals surface area contributed by atoms with Gasteiger partial charge in [0.05, 0.1) is 24.6 Å². The molecular weight excluding hydrogens is 378 g/mol. The van der Waals surface area contributed by atoms with E-state index >= 15 is 0 Å². The molecule has 0 spiro atoms. The minimum Gasteiger partial charge on any atom is -0.480 e. The maximum Gasteiger partial charge on any atom is 0.254 e. The molecule has 0 radical (unpaired) electrons. The lowest BCUT2D eigenvalue weighted by molar-refractivity contribution is 0.0939. The lowest BCUT2D eigenvalue weighted by Crippen LogP contribution is -2.34. The summed E-state index contributed by atoms with van der Waals surface area (Å²) in [6.07, 6.45) is 2.87. The molecule has 8 heteroatoms. The molecule has 2 heterocycles. The number of aromatic nitrogens is 4. The zero-order valence-electron chi connectivity index (χ0n) is 16.0. The smallest absolute Gasteiger partial charge is 0.254 e. The first kappa shape index (κ1) is 19.8. The molecule has 0 bridgehead atoms. The van der Waals surface area contributed by atoms with Crippen LogP contribution in [0.3, 0.4) is 0 Å². The molecule has 1 atom stereocenters. The summed E-state index contributed by atoms with van der Waals surface area (Å²) in [6.45, 7) is 3.93. The van der Waals surface area contributed by atoms with Crippen molar-refractivity contribution in [1.29, 1.82) is 0 Å². The van der Waals surface area contributed by atoms with Gasteiger partial charge in [-0.25, -0.2) is 4.68 Å². The Morgan fingerprint density at radius 3 is 2.75 bits per heavy atom. The number of carbonyl (C=O) groups excluding carboxylic acids is 1. The number of amides is 1. The lowest BCUT2D eigenvalue weighted by Gasteiger charge is -2.14. The molecule has 3 aromatic rings. The Morgan fingerprint density at radius 1 is 1.29 bits per heavy atom. The normalized spacial score (nSPS) is 11.9. The molecule has 0 fully saturated rings. The summed E-state index contributed by atoms with van der Waals surface area (Å²) in [6, 6.07) is 11.0. The number of rotatable bonds is 7. The van der Waals surface area contributed by atoms with Crippen LogP contribution in [0, 0.1) is 0 Å². The minimum atomic E-state index is -0.168. The Bertz CT molecular complexity index is 955. The third-order valence-corrected chi connectivity index (χ3v) is 4.54. The van der Waals surface area contributed by atoms with Crippen molar-refractivity contribution < 1.29 is 9.53 Å². The van der Waals surface area contributed by atoms with Gasteiger partial charge in [-0.2, -0.15) is 5.10 Å². The summed E-state index contributed by atoms with van der Waals surface area (Å²) in [5.74, 6) is 0.782. The summed E-state index contributed by atoms with van der Waals surface area (Å²) in [5, 5.41) is 16.1. The topological polar surface area (TPSA) is 81.9 Å². The predicted octanol–water partition coefficient (Wildman–Crippen LogP) is 3.25. The maximum atomic E-state index is 12.8. The van der Waals surface area contributed by atoms with Crippen molar-refractivity contribution in [2.24, 2.45) is 0 Å². The maximum absolute atomic E-state index is 12.8. The van der Waals surface area contributed by atoms with Gasteiger partial charge in [-0.15, -0.1) is 10.2 Å². The zero-order chi connectivity index (χ0) is 20.1. The molecule has 0 saturated carbocycles. The number of ether oxygens (including phenoxy) is 1. The van der Waals surface area contributed by atoms with Crippen LogP contribution in [0.5, 0.6) is 5.88 Å². The Hall–Kier alpha value is -2.93. The average Bonchev–Trinajstić information content (AvgIpc) is 3.12. The van der Waals surface area contributed by atoms with E-state index < -0.39 is 0 Å². The van der Waals surface area contributed by atoms with E-state index in [9.17, 15) is 4.79 Å². The van der Waals surface area contributed by atoms with Gasteiger partial charge in [0.15, 0.2) is 5.82 Å². The van der Waals surface area contributed by atoms with Crippen molar-refractivity contribution in [2.45, 2.75) is 32.7 Å². The Morgan fingerprint density at radius 2 is 2.11 bits per heavy atom. The molecule has 0 saturated heterocycles. The molecule has 7 nitrogen and oxygen atoms in total. The number of carbonyl (C=O) groups is 1. The highest BCUT2D eigenvalue weighted by molar-refractivity contribution is 6.30. The molecule has 1 amide bonds. The van der Waals surface area contributed by atoms with Gasteiger partial charge in [0.2, 0.25) is 5.88 Å². The number of methoxy groups -OCH3 is 1. The number of benzene rings is 1. The van der Waals surface area contributed by atoms with Crippen LogP contribution in [-0.4, -0.2) is 39.0 Å².